The molecule has 1 aromatic carbocycles. The van der Waals surface area contributed by atoms with Crippen molar-refractivity contribution >= 4 is 27.5 Å². The molecule has 0 unspecified atom stereocenters. The summed E-state index contributed by atoms with van der Waals surface area (Å²) in [6, 6.07) is 5.42. The fourth-order valence-corrected chi connectivity index (χ4v) is 1.85. The molecule has 0 aliphatic carbocycles. The highest BCUT2D eigenvalue weighted by Crippen LogP contribution is 2.21. The normalized spacial score (nSPS) is 10.3. The van der Waals surface area contributed by atoms with Crippen LogP contribution >= 0.6 is 11.5 Å². The van der Waals surface area contributed by atoms with Gasteiger partial charge in [-0.2, -0.15) is 4.37 Å². The van der Waals surface area contributed by atoms with Crippen molar-refractivity contribution in [1.29, 1.82) is 0 Å². The van der Waals surface area contributed by atoms with Crippen LogP contribution in [-0.4, -0.2) is 10.3 Å². The molecule has 0 aliphatic rings. The van der Waals surface area contributed by atoms with Crippen molar-refractivity contribution < 1.29 is 4.79 Å². The Morgan fingerprint density at radius 2 is 2.33 bits per heavy atom. The van der Waals surface area contributed by atoms with E-state index in [0.717, 1.165) is 10.1 Å². The summed E-state index contributed by atoms with van der Waals surface area (Å²) in [6.07, 6.45) is 1.73. The van der Waals surface area contributed by atoms with E-state index in [1.54, 1.807) is 18.3 Å². The molecule has 3 nitrogen and oxygen atoms in total. The molecule has 2 aromatic rings. The number of primary amides is 1. The number of hydrogen-bond acceptors (Lipinski definition) is 3. The minimum Gasteiger partial charge on any atom is -0.366 e. The number of rotatable bonds is 1. The summed E-state index contributed by atoms with van der Waals surface area (Å²) in [5, 5.41) is 0.969. The highest BCUT2D eigenvalue weighted by atomic mass is 32.1. The molecule has 4 heteroatoms. The number of nitrogens with zero attached hydrogens (tertiary/aromatic N) is 1. The van der Waals surface area contributed by atoms with E-state index in [1.807, 2.05) is 6.07 Å². The molecule has 2 N–H and O–H groups in total. The molecule has 1 heterocycles. The third-order valence-electron chi connectivity index (χ3n) is 1.65. The molecule has 0 radical (unpaired) electrons. The van der Waals surface area contributed by atoms with Crippen LogP contribution in [0, 0.1) is 0 Å². The quantitative estimate of drug-likeness (QED) is 0.717. The Morgan fingerprint density at radius 1 is 1.50 bits per heavy atom. The van der Waals surface area contributed by atoms with Gasteiger partial charge in [0, 0.05) is 11.6 Å². The van der Waals surface area contributed by atoms with Gasteiger partial charge in [0.15, 0.2) is 0 Å². The predicted octanol–water partition coefficient (Wildman–Crippen LogP) is 1.40. The molecular weight excluding hydrogens is 172 g/mol. The smallest absolute Gasteiger partial charge is 0.250 e. The number of hydrogen-bond donors (Lipinski definition) is 1. The number of fused-ring (bicyclic) bond motifs is 1. The van der Waals surface area contributed by atoms with E-state index < -0.39 is 5.91 Å². The van der Waals surface area contributed by atoms with Crippen molar-refractivity contribution in [3.05, 3.63) is 30.0 Å². The maximum absolute atomic E-state index is 10.9. The summed E-state index contributed by atoms with van der Waals surface area (Å²) in [7, 11) is 0. The lowest BCUT2D eigenvalue weighted by molar-refractivity contribution is 0.100. The van der Waals surface area contributed by atoms with Gasteiger partial charge in [-0.25, -0.2) is 0 Å². The zero-order chi connectivity index (χ0) is 8.55. The minimum atomic E-state index is -0.398. The van der Waals surface area contributed by atoms with E-state index in [0.29, 0.717) is 5.56 Å². The second kappa shape index (κ2) is 2.57. The molecule has 0 bridgehead atoms. The van der Waals surface area contributed by atoms with Crippen LogP contribution in [0.4, 0.5) is 0 Å². The topological polar surface area (TPSA) is 56.0 Å². The average Bonchev–Trinajstić information content (AvgIpc) is 2.49. The van der Waals surface area contributed by atoms with Crippen molar-refractivity contribution in [1.82, 2.24) is 4.37 Å². The van der Waals surface area contributed by atoms with Crippen LogP contribution in [0.3, 0.4) is 0 Å². The van der Waals surface area contributed by atoms with E-state index in [2.05, 4.69) is 4.37 Å². The van der Waals surface area contributed by atoms with Crippen LogP contribution in [0.25, 0.3) is 10.1 Å². The number of aromatic nitrogens is 1. The van der Waals surface area contributed by atoms with Gasteiger partial charge in [-0.15, -0.1) is 0 Å². The van der Waals surface area contributed by atoms with Gasteiger partial charge in [0.05, 0.1) is 10.3 Å². The zero-order valence-corrected chi connectivity index (χ0v) is 6.97. The Bertz CT molecular complexity index is 435. The van der Waals surface area contributed by atoms with Crippen molar-refractivity contribution in [2.45, 2.75) is 0 Å². The SMILES string of the molecule is NC(=O)c1cccc2cnsc12. The van der Waals surface area contributed by atoms with Crippen molar-refractivity contribution in [2.24, 2.45) is 5.73 Å². The maximum atomic E-state index is 10.9. The molecule has 0 aliphatic heterocycles. The Morgan fingerprint density at radius 3 is 3.08 bits per heavy atom. The van der Waals surface area contributed by atoms with E-state index in [1.165, 1.54) is 11.5 Å². The van der Waals surface area contributed by atoms with Crippen LogP contribution in [0.15, 0.2) is 24.4 Å². The van der Waals surface area contributed by atoms with Crippen LogP contribution < -0.4 is 5.73 Å². The molecule has 0 atom stereocenters. The van der Waals surface area contributed by atoms with Gasteiger partial charge in [0.25, 0.3) is 0 Å². The number of carbonyl (C=O) groups excluding carboxylic acids is 1. The van der Waals surface area contributed by atoms with Gasteiger partial charge in [0.2, 0.25) is 5.91 Å². The third-order valence-corrected chi connectivity index (χ3v) is 2.50. The molecule has 0 fully saturated rings. The fraction of sp³-hybridized carbons (Fsp3) is 0. The molecule has 0 saturated heterocycles. The number of nitrogens with two attached hydrogens (primary N) is 1. The van der Waals surface area contributed by atoms with E-state index in [9.17, 15) is 4.79 Å². The van der Waals surface area contributed by atoms with Crippen molar-refractivity contribution in [3.8, 4) is 0 Å². The highest BCUT2D eigenvalue weighted by Gasteiger charge is 2.06. The lowest BCUT2D eigenvalue weighted by atomic mass is 10.2. The lowest BCUT2D eigenvalue weighted by Gasteiger charge is -1.94. The van der Waals surface area contributed by atoms with Crippen LogP contribution in [0.2, 0.25) is 0 Å². The van der Waals surface area contributed by atoms with E-state index >= 15 is 0 Å². The standard InChI is InChI=1S/C8H6N2OS/c9-8(11)6-3-1-2-5-4-10-12-7(5)6/h1-4H,(H2,9,11). The molecule has 60 valence electrons. The molecule has 2 rings (SSSR count). The molecule has 0 saturated carbocycles. The minimum absolute atomic E-state index is 0.398. The first-order valence-electron chi connectivity index (χ1n) is 3.42. The van der Waals surface area contributed by atoms with E-state index in [-0.39, 0.29) is 0 Å². The van der Waals surface area contributed by atoms with Crippen LogP contribution in [0.5, 0.6) is 0 Å². The first-order chi connectivity index (χ1) is 5.79. The molecule has 0 spiro atoms. The fourth-order valence-electron chi connectivity index (χ4n) is 1.09. The van der Waals surface area contributed by atoms with E-state index in [4.69, 9.17) is 5.73 Å². The van der Waals surface area contributed by atoms with Crippen molar-refractivity contribution in [3.63, 3.8) is 0 Å². The van der Waals surface area contributed by atoms with Gasteiger partial charge in [-0.05, 0) is 17.6 Å². The maximum Gasteiger partial charge on any atom is 0.250 e. The largest absolute Gasteiger partial charge is 0.366 e. The molecular formula is C8H6N2OS. The first kappa shape index (κ1) is 7.24. The Balaban J connectivity index is 2.82. The van der Waals surface area contributed by atoms with Gasteiger partial charge in [0.1, 0.15) is 0 Å². The first-order valence-corrected chi connectivity index (χ1v) is 4.19. The predicted molar refractivity (Wildman–Crippen MR) is 48.1 cm³/mol. The Hall–Kier alpha value is -1.42. The van der Waals surface area contributed by atoms with Crippen molar-refractivity contribution in [2.75, 3.05) is 0 Å². The lowest BCUT2D eigenvalue weighted by Crippen LogP contribution is -2.10. The second-order valence-corrected chi connectivity index (χ2v) is 3.22. The Labute approximate surface area is 73.0 Å². The number of amides is 1. The summed E-state index contributed by atoms with van der Waals surface area (Å²) < 4.78 is 4.84. The summed E-state index contributed by atoms with van der Waals surface area (Å²) in [5.41, 5.74) is 5.73. The molecule has 1 aromatic heterocycles. The third kappa shape index (κ3) is 0.967. The summed E-state index contributed by atoms with van der Waals surface area (Å²) in [4.78, 5) is 10.9. The Kier molecular flexibility index (Phi) is 1.55. The zero-order valence-electron chi connectivity index (χ0n) is 6.15. The van der Waals surface area contributed by atoms with Gasteiger partial charge in [-0.1, -0.05) is 12.1 Å². The van der Waals surface area contributed by atoms with Crippen LogP contribution in [0.1, 0.15) is 10.4 Å². The van der Waals surface area contributed by atoms with Gasteiger partial charge < -0.3 is 5.73 Å². The highest BCUT2D eigenvalue weighted by molar-refractivity contribution is 7.13. The molecule has 1 amide bonds. The summed E-state index contributed by atoms with van der Waals surface area (Å²) in [6.45, 7) is 0. The summed E-state index contributed by atoms with van der Waals surface area (Å²) in [5.74, 6) is -0.398. The molecule has 12 heavy (non-hydrogen) atoms. The van der Waals surface area contributed by atoms with Gasteiger partial charge >= 0.3 is 0 Å². The number of carbonyl (C=O) groups is 1. The summed E-state index contributed by atoms with van der Waals surface area (Å²) >= 11 is 1.29. The second-order valence-electron chi connectivity index (χ2n) is 2.41. The van der Waals surface area contributed by atoms with Crippen LogP contribution in [-0.2, 0) is 0 Å². The monoisotopic (exact) mass is 178 g/mol. The van der Waals surface area contributed by atoms with Gasteiger partial charge in [-0.3, -0.25) is 4.79 Å². The number of benzene rings is 1. The average molecular weight is 178 g/mol.